The highest BCUT2D eigenvalue weighted by Crippen LogP contribution is 2.30. The van der Waals surface area contributed by atoms with Crippen LogP contribution in [0.1, 0.15) is 30.1 Å². The third kappa shape index (κ3) is 2.71. The van der Waals surface area contributed by atoms with Crippen molar-refractivity contribution in [3.05, 3.63) is 18.0 Å². The van der Waals surface area contributed by atoms with E-state index in [0.717, 1.165) is 0 Å². The molecule has 1 saturated heterocycles. The number of rotatable bonds is 3. The summed E-state index contributed by atoms with van der Waals surface area (Å²) in [6.45, 7) is 2.42. The van der Waals surface area contributed by atoms with Crippen LogP contribution in [0.25, 0.3) is 0 Å². The number of piperidine rings is 1. The van der Waals surface area contributed by atoms with Crippen molar-refractivity contribution in [3.8, 4) is 6.01 Å². The number of ether oxygens (including phenoxy) is 1. The van der Waals surface area contributed by atoms with Gasteiger partial charge in [0.1, 0.15) is 0 Å². The van der Waals surface area contributed by atoms with Crippen molar-refractivity contribution >= 4 is 11.9 Å². The van der Waals surface area contributed by atoms with Crippen LogP contribution in [0.5, 0.6) is 6.01 Å². The normalized spacial score (nSPS) is 22.4. The maximum atomic E-state index is 12.3. The van der Waals surface area contributed by atoms with Crippen molar-refractivity contribution in [1.82, 2.24) is 14.9 Å². The zero-order valence-corrected chi connectivity index (χ0v) is 11.5. The number of carboxylic acids is 1. The van der Waals surface area contributed by atoms with Gasteiger partial charge in [0.05, 0.1) is 18.1 Å². The highest BCUT2D eigenvalue weighted by Gasteiger charge is 2.39. The monoisotopic (exact) mass is 279 g/mol. The maximum Gasteiger partial charge on any atom is 0.316 e. The molecule has 2 heterocycles. The molecule has 108 valence electrons. The summed E-state index contributed by atoms with van der Waals surface area (Å²) in [6, 6.07) is 0.190. The molecule has 0 bridgehead atoms. The second-order valence-electron chi connectivity index (χ2n) is 5.15. The number of methoxy groups -OCH3 is 1. The van der Waals surface area contributed by atoms with E-state index in [2.05, 4.69) is 9.97 Å². The topological polar surface area (TPSA) is 92.6 Å². The lowest BCUT2D eigenvalue weighted by Gasteiger charge is -2.37. The molecule has 20 heavy (non-hydrogen) atoms. The molecule has 0 spiro atoms. The summed E-state index contributed by atoms with van der Waals surface area (Å²) in [4.78, 5) is 32.9. The van der Waals surface area contributed by atoms with Gasteiger partial charge in [0, 0.05) is 25.5 Å². The minimum atomic E-state index is -0.888. The van der Waals surface area contributed by atoms with Crippen LogP contribution in [0, 0.1) is 5.41 Å². The number of carbonyl (C=O) groups is 2. The van der Waals surface area contributed by atoms with E-state index < -0.39 is 11.4 Å². The molecule has 1 N–H and O–H groups in total. The molecule has 2 rings (SSSR count). The van der Waals surface area contributed by atoms with Crippen molar-refractivity contribution < 1.29 is 19.4 Å². The maximum absolute atomic E-state index is 12.3. The minimum absolute atomic E-state index is 0.190. The Bertz CT molecular complexity index is 517. The summed E-state index contributed by atoms with van der Waals surface area (Å²) < 4.78 is 4.83. The average Bonchev–Trinajstić information content (AvgIpc) is 2.46. The Morgan fingerprint density at radius 2 is 2.05 bits per heavy atom. The molecule has 1 aromatic rings. The molecule has 1 aromatic heterocycles. The van der Waals surface area contributed by atoms with Gasteiger partial charge in [0.2, 0.25) is 0 Å². The molecular weight excluding hydrogens is 262 g/mol. The van der Waals surface area contributed by atoms with Gasteiger partial charge < -0.3 is 14.7 Å². The predicted octanol–water partition coefficient (Wildman–Crippen LogP) is 0.812. The quantitative estimate of drug-likeness (QED) is 0.880. The summed E-state index contributed by atoms with van der Waals surface area (Å²) in [6.07, 6.45) is 4.03. The molecule has 1 atom stereocenters. The Morgan fingerprint density at radius 1 is 1.40 bits per heavy atom. The summed E-state index contributed by atoms with van der Waals surface area (Å²) in [5.41, 5.74) is -0.554. The van der Waals surface area contributed by atoms with Crippen LogP contribution >= 0.6 is 0 Å². The standard InChI is InChI=1S/C13H17N3O4/c1-13(11(18)19)4-3-5-16(8-13)10(17)9-6-14-12(20-2)15-7-9/h6-7H,3-5,8H2,1-2H3,(H,18,19)/t13-/m1/s1. The van der Waals surface area contributed by atoms with E-state index in [1.807, 2.05) is 0 Å². The number of carboxylic acid groups (broad SMARTS) is 1. The number of carbonyl (C=O) groups excluding carboxylic acids is 1. The molecule has 1 aliphatic rings. The number of amides is 1. The summed E-state index contributed by atoms with van der Waals surface area (Å²) in [5.74, 6) is -1.12. The van der Waals surface area contributed by atoms with Gasteiger partial charge in [-0.05, 0) is 19.8 Å². The Morgan fingerprint density at radius 3 is 2.60 bits per heavy atom. The zero-order valence-electron chi connectivity index (χ0n) is 11.5. The molecule has 0 aromatic carbocycles. The summed E-state index contributed by atoms with van der Waals surface area (Å²) in [5, 5.41) is 9.26. The molecule has 1 amide bonds. The highest BCUT2D eigenvalue weighted by atomic mass is 16.5. The first-order valence-corrected chi connectivity index (χ1v) is 6.35. The SMILES string of the molecule is COc1ncc(C(=O)N2CCC[C@@](C)(C(=O)O)C2)cn1. The van der Waals surface area contributed by atoms with E-state index in [9.17, 15) is 14.7 Å². The van der Waals surface area contributed by atoms with E-state index in [-0.39, 0.29) is 18.5 Å². The molecule has 0 radical (unpaired) electrons. The minimum Gasteiger partial charge on any atom is -0.481 e. The molecule has 0 aliphatic carbocycles. The van der Waals surface area contributed by atoms with Gasteiger partial charge in [0.25, 0.3) is 5.91 Å². The lowest BCUT2D eigenvalue weighted by atomic mass is 9.82. The smallest absolute Gasteiger partial charge is 0.316 e. The lowest BCUT2D eigenvalue weighted by Crippen LogP contribution is -2.48. The van der Waals surface area contributed by atoms with E-state index >= 15 is 0 Å². The van der Waals surface area contributed by atoms with Crippen LogP contribution in [0.4, 0.5) is 0 Å². The first-order chi connectivity index (χ1) is 9.46. The Labute approximate surface area is 116 Å². The second-order valence-corrected chi connectivity index (χ2v) is 5.15. The average molecular weight is 279 g/mol. The van der Waals surface area contributed by atoms with Crippen molar-refractivity contribution in [1.29, 1.82) is 0 Å². The van der Waals surface area contributed by atoms with Crippen LogP contribution < -0.4 is 4.74 Å². The number of hydrogen-bond donors (Lipinski definition) is 1. The van der Waals surface area contributed by atoms with Crippen LogP contribution in [0.15, 0.2) is 12.4 Å². The van der Waals surface area contributed by atoms with Gasteiger partial charge in [-0.1, -0.05) is 0 Å². The first-order valence-electron chi connectivity index (χ1n) is 6.35. The molecule has 0 unspecified atom stereocenters. The molecule has 0 saturated carbocycles. The molecular formula is C13H17N3O4. The molecule has 7 heteroatoms. The number of hydrogen-bond acceptors (Lipinski definition) is 5. The van der Waals surface area contributed by atoms with Gasteiger partial charge in [-0.25, -0.2) is 9.97 Å². The highest BCUT2D eigenvalue weighted by molar-refractivity contribution is 5.94. The third-order valence-corrected chi connectivity index (χ3v) is 3.56. The number of aromatic nitrogens is 2. The molecule has 1 fully saturated rings. The van der Waals surface area contributed by atoms with E-state index in [1.165, 1.54) is 19.5 Å². The second kappa shape index (κ2) is 5.44. The largest absolute Gasteiger partial charge is 0.481 e. The molecule has 1 aliphatic heterocycles. The van der Waals surface area contributed by atoms with Gasteiger partial charge in [-0.3, -0.25) is 9.59 Å². The summed E-state index contributed by atoms with van der Waals surface area (Å²) >= 11 is 0. The predicted molar refractivity (Wildman–Crippen MR) is 69.5 cm³/mol. The van der Waals surface area contributed by atoms with Gasteiger partial charge in [0.15, 0.2) is 0 Å². The van der Waals surface area contributed by atoms with E-state index in [1.54, 1.807) is 11.8 Å². The van der Waals surface area contributed by atoms with Crippen molar-refractivity contribution in [2.75, 3.05) is 20.2 Å². The number of likely N-dealkylation sites (tertiary alicyclic amines) is 1. The van der Waals surface area contributed by atoms with Gasteiger partial charge >= 0.3 is 12.0 Å². The van der Waals surface area contributed by atoms with Gasteiger partial charge in [-0.15, -0.1) is 0 Å². The third-order valence-electron chi connectivity index (χ3n) is 3.56. The zero-order chi connectivity index (χ0) is 14.8. The fourth-order valence-corrected chi connectivity index (χ4v) is 2.30. The van der Waals surface area contributed by atoms with Crippen molar-refractivity contribution in [2.24, 2.45) is 5.41 Å². The Hall–Kier alpha value is -2.18. The Kier molecular flexibility index (Phi) is 3.87. The number of aliphatic carboxylic acids is 1. The molecule has 7 nitrogen and oxygen atoms in total. The number of nitrogens with zero attached hydrogens (tertiary/aromatic N) is 3. The van der Waals surface area contributed by atoms with Crippen LogP contribution in [0.3, 0.4) is 0 Å². The van der Waals surface area contributed by atoms with E-state index in [4.69, 9.17) is 4.74 Å². The van der Waals surface area contributed by atoms with Crippen LogP contribution in [-0.2, 0) is 4.79 Å². The Balaban J connectivity index is 2.14. The first kappa shape index (κ1) is 14.2. The fraction of sp³-hybridized carbons (Fsp3) is 0.538. The van der Waals surface area contributed by atoms with Gasteiger partial charge in [-0.2, -0.15) is 0 Å². The summed E-state index contributed by atoms with van der Waals surface area (Å²) in [7, 11) is 1.44. The lowest BCUT2D eigenvalue weighted by molar-refractivity contribution is -0.150. The van der Waals surface area contributed by atoms with Crippen LogP contribution in [0.2, 0.25) is 0 Å². The van der Waals surface area contributed by atoms with Crippen LogP contribution in [-0.4, -0.2) is 52.1 Å². The fourth-order valence-electron chi connectivity index (χ4n) is 2.30. The van der Waals surface area contributed by atoms with Crippen molar-refractivity contribution in [2.45, 2.75) is 19.8 Å². The van der Waals surface area contributed by atoms with E-state index in [0.29, 0.717) is 24.9 Å². The van der Waals surface area contributed by atoms with Crippen molar-refractivity contribution in [3.63, 3.8) is 0 Å².